The summed E-state index contributed by atoms with van der Waals surface area (Å²) in [7, 11) is 0. The molecule has 0 unspecified atom stereocenters. The first-order valence-electron chi connectivity index (χ1n) is 11.6. The number of aromatic nitrogens is 2. The molecule has 0 atom stereocenters. The molecule has 0 amide bonds. The van der Waals surface area contributed by atoms with Crippen molar-refractivity contribution in [1.82, 2.24) is 9.13 Å². The minimum Gasteiger partial charge on any atom is -0.310 e. The van der Waals surface area contributed by atoms with Gasteiger partial charge in [0.2, 0.25) is 0 Å². The summed E-state index contributed by atoms with van der Waals surface area (Å²) in [6.45, 7) is 0.234. The molecule has 0 radical (unpaired) electrons. The van der Waals surface area contributed by atoms with E-state index >= 15 is 0 Å². The summed E-state index contributed by atoms with van der Waals surface area (Å²) in [5, 5.41) is 5.34. The van der Waals surface area contributed by atoms with Gasteiger partial charge in [-0.25, -0.2) is 0 Å². The number of rotatable bonds is 0. The van der Waals surface area contributed by atoms with Gasteiger partial charge >= 0.3 is 0 Å². The van der Waals surface area contributed by atoms with Crippen molar-refractivity contribution in [2.75, 3.05) is 0 Å². The van der Waals surface area contributed by atoms with Crippen LogP contribution < -0.4 is 16.4 Å². The molecule has 2 nitrogen and oxygen atoms in total. The molecule has 0 bridgehead atoms. The van der Waals surface area contributed by atoms with E-state index in [-0.39, 0.29) is 6.71 Å². The lowest BCUT2D eigenvalue weighted by Crippen LogP contribution is -2.59. The van der Waals surface area contributed by atoms with E-state index < -0.39 is 0 Å². The van der Waals surface area contributed by atoms with Gasteiger partial charge in [0.05, 0.1) is 16.6 Å². The molecule has 0 saturated carbocycles. The van der Waals surface area contributed by atoms with Crippen LogP contribution in [0.1, 0.15) is 0 Å². The van der Waals surface area contributed by atoms with Gasteiger partial charge in [0, 0.05) is 38.4 Å². The fourth-order valence-electron chi connectivity index (χ4n) is 6.74. The molecule has 7 aromatic rings. The predicted octanol–water partition coefficient (Wildman–Crippen LogP) is 5.02. The van der Waals surface area contributed by atoms with Crippen molar-refractivity contribution >= 4 is 66.7 Å². The Kier molecular flexibility index (Phi) is 2.68. The van der Waals surface area contributed by atoms with Crippen LogP contribution in [0, 0.1) is 0 Å². The Morgan fingerprint density at radius 3 is 1.85 bits per heavy atom. The van der Waals surface area contributed by atoms with Gasteiger partial charge in [0.25, 0.3) is 6.71 Å². The summed E-state index contributed by atoms with van der Waals surface area (Å²) >= 11 is 0. The lowest BCUT2D eigenvalue weighted by Gasteiger charge is -2.33. The highest BCUT2D eigenvalue weighted by Crippen LogP contribution is 2.39. The molecule has 5 aromatic carbocycles. The van der Waals surface area contributed by atoms with Gasteiger partial charge in [0.1, 0.15) is 0 Å². The van der Waals surface area contributed by atoms with Crippen molar-refractivity contribution in [2.45, 2.75) is 0 Å². The van der Waals surface area contributed by atoms with E-state index in [1.165, 1.54) is 71.4 Å². The lowest BCUT2D eigenvalue weighted by atomic mass is 9.34. The number of hydrogen-bond acceptors (Lipinski definition) is 0. The van der Waals surface area contributed by atoms with Crippen LogP contribution in [0.2, 0.25) is 0 Å². The van der Waals surface area contributed by atoms with Crippen molar-refractivity contribution in [3.8, 4) is 11.4 Å². The maximum atomic E-state index is 2.52. The molecule has 2 aromatic heterocycles. The summed E-state index contributed by atoms with van der Waals surface area (Å²) < 4.78 is 5.02. The molecule has 150 valence electrons. The van der Waals surface area contributed by atoms with Gasteiger partial charge in [-0.1, -0.05) is 78.9 Å². The Labute approximate surface area is 190 Å². The zero-order valence-electron chi connectivity index (χ0n) is 17.8. The van der Waals surface area contributed by atoms with Crippen LogP contribution in [0.3, 0.4) is 0 Å². The minimum absolute atomic E-state index is 0.234. The van der Waals surface area contributed by atoms with Gasteiger partial charge in [0.15, 0.2) is 0 Å². The summed E-state index contributed by atoms with van der Waals surface area (Å²) in [4.78, 5) is 0. The van der Waals surface area contributed by atoms with Gasteiger partial charge in [-0.3, -0.25) is 0 Å². The smallest absolute Gasteiger partial charge is 0.252 e. The monoisotopic (exact) mass is 416 g/mol. The summed E-state index contributed by atoms with van der Waals surface area (Å²) in [6, 6.07) is 38.3. The number of hydrogen-bond donors (Lipinski definition) is 0. The number of fused-ring (bicyclic) bond motifs is 11. The first kappa shape index (κ1) is 16.4. The Morgan fingerprint density at radius 2 is 1.03 bits per heavy atom. The maximum Gasteiger partial charge on any atom is 0.252 e. The van der Waals surface area contributed by atoms with Crippen LogP contribution in [-0.4, -0.2) is 15.8 Å². The average Bonchev–Trinajstić information content (AvgIpc) is 3.40. The van der Waals surface area contributed by atoms with Crippen molar-refractivity contribution in [3.63, 3.8) is 0 Å². The fraction of sp³-hybridized carbons (Fsp3) is 0. The number of benzene rings is 5. The minimum atomic E-state index is 0.234. The average molecular weight is 416 g/mol. The second kappa shape index (κ2) is 5.39. The van der Waals surface area contributed by atoms with Crippen LogP contribution in [-0.2, 0) is 0 Å². The van der Waals surface area contributed by atoms with E-state index in [2.05, 4.69) is 112 Å². The van der Waals surface area contributed by atoms with Gasteiger partial charge in [-0.2, -0.15) is 0 Å². The van der Waals surface area contributed by atoms with E-state index in [0.29, 0.717) is 0 Å². The van der Waals surface area contributed by atoms with E-state index in [1.54, 1.807) is 0 Å². The Balaban J connectivity index is 1.63. The van der Waals surface area contributed by atoms with Gasteiger partial charge in [-0.15, -0.1) is 0 Å². The van der Waals surface area contributed by atoms with E-state index in [9.17, 15) is 0 Å². The topological polar surface area (TPSA) is 9.86 Å². The number of para-hydroxylation sites is 4. The highest BCUT2D eigenvalue weighted by Gasteiger charge is 2.40. The van der Waals surface area contributed by atoms with Crippen LogP contribution in [0.25, 0.3) is 55.0 Å². The molecule has 3 heteroatoms. The SMILES string of the molecule is c1ccc2c(c1)B1c3cccc4c5ccccc5n(c34)-c3ccc4c5ccccc5n-2c4c31. The standard InChI is InChI=1S/C30H17BN2/c1-5-14-25-18(8-1)20-10-7-12-23-29(20)33(25)27-17-16-21-19-9-2-4-13-24(19)32-26-15-6-3-11-22(26)31(23)28(27)30(21)32/h1-17H. The van der Waals surface area contributed by atoms with E-state index in [4.69, 9.17) is 0 Å². The molecule has 9 rings (SSSR count). The molecule has 33 heavy (non-hydrogen) atoms. The second-order valence-corrected chi connectivity index (χ2v) is 9.33. The lowest BCUT2D eigenvalue weighted by molar-refractivity contribution is 1.16. The largest absolute Gasteiger partial charge is 0.310 e. The zero-order chi connectivity index (χ0) is 21.3. The maximum absolute atomic E-state index is 2.52. The first-order chi connectivity index (χ1) is 16.4. The fourth-order valence-corrected chi connectivity index (χ4v) is 6.74. The molecule has 0 spiro atoms. The first-order valence-corrected chi connectivity index (χ1v) is 11.6. The van der Waals surface area contributed by atoms with Crippen LogP contribution >= 0.6 is 0 Å². The molecule has 0 fully saturated rings. The zero-order valence-corrected chi connectivity index (χ0v) is 17.8. The predicted molar refractivity (Wildman–Crippen MR) is 140 cm³/mol. The van der Waals surface area contributed by atoms with Crippen molar-refractivity contribution in [3.05, 3.63) is 103 Å². The van der Waals surface area contributed by atoms with E-state index in [1.807, 2.05) is 0 Å². The van der Waals surface area contributed by atoms with Crippen molar-refractivity contribution in [1.29, 1.82) is 0 Å². The Bertz CT molecular complexity index is 1990. The third-order valence-electron chi connectivity index (χ3n) is 7.91. The summed E-state index contributed by atoms with van der Waals surface area (Å²) in [6.07, 6.45) is 0. The molecular weight excluding hydrogens is 399 g/mol. The molecule has 2 aliphatic heterocycles. The molecule has 0 aliphatic carbocycles. The van der Waals surface area contributed by atoms with Crippen LogP contribution in [0.15, 0.2) is 103 Å². The Morgan fingerprint density at radius 1 is 0.424 bits per heavy atom. The summed E-state index contributed by atoms with van der Waals surface area (Å²) in [5.74, 6) is 0. The molecule has 4 heterocycles. The highest BCUT2D eigenvalue weighted by molar-refractivity contribution is 7.00. The third kappa shape index (κ3) is 1.71. The Hall–Kier alpha value is -4.24. The summed E-state index contributed by atoms with van der Waals surface area (Å²) in [5.41, 5.74) is 12.1. The van der Waals surface area contributed by atoms with Gasteiger partial charge in [-0.05, 0) is 40.7 Å². The van der Waals surface area contributed by atoms with Crippen LogP contribution in [0.4, 0.5) is 0 Å². The van der Waals surface area contributed by atoms with Gasteiger partial charge < -0.3 is 9.13 Å². The normalized spacial score (nSPS) is 13.4. The highest BCUT2D eigenvalue weighted by atomic mass is 15.0. The van der Waals surface area contributed by atoms with Crippen molar-refractivity contribution in [2.24, 2.45) is 0 Å². The molecule has 2 aliphatic rings. The molecule has 0 saturated heterocycles. The van der Waals surface area contributed by atoms with Crippen LogP contribution in [0.5, 0.6) is 0 Å². The number of nitrogens with zero attached hydrogens (tertiary/aromatic N) is 2. The molecular formula is C30H17BN2. The quantitative estimate of drug-likeness (QED) is 0.307. The molecule has 0 N–H and O–H groups in total. The van der Waals surface area contributed by atoms with E-state index in [0.717, 1.165) is 0 Å². The van der Waals surface area contributed by atoms with Crippen molar-refractivity contribution < 1.29 is 0 Å². The second-order valence-electron chi connectivity index (χ2n) is 9.33. The third-order valence-corrected chi connectivity index (χ3v) is 7.91.